The summed E-state index contributed by atoms with van der Waals surface area (Å²) in [6, 6.07) is 9.83. The van der Waals surface area contributed by atoms with E-state index < -0.39 is 0 Å². The molecule has 2 unspecified atom stereocenters. The van der Waals surface area contributed by atoms with Crippen LogP contribution >= 0.6 is 0 Å². The second kappa shape index (κ2) is 5.93. The van der Waals surface area contributed by atoms with Crippen molar-refractivity contribution in [3.05, 3.63) is 29.8 Å². The molecule has 2 aliphatic heterocycles. The van der Waals surface area contributed by atoms with Crippen LogP contribution in [-0.4, -0.2) is 37.2 Å². The normalized spacial score (nSPS) is 27.8. The minimum atomic E-state index is 0.706. The molecule has 2 saturated heterocycles. The summed E-state index contributed by atoms with van der Waals surface area (Å²) >= 11 is 0. The monoisotopic (exact) mass is 260 g/mol. The highest BCUT2D eigenvalue weighted by Gasteiger charge is 2.33. The van der Waals surface area contributed by atoms with Crippen molar-refractivity contribution >= 4 is 0 Å². The third-order valence-electron chi connectivity index (χ3n) is 4.54. The predicted molar refractivity (Wildman–Crippen MR) is 77.5 cm³/mol. The van der Waals surface area contributed by atoms with Crippen LogP contribution in [0.5, 0.6) is 5.75 Å². The van der Waals surface area contributed by atoms with Crippen molar-refractivity contribution in [3.8, 4) is 5.75 Å². The van der Waals surface area contributed by atoms with Gasteiger partial charge in [0.1, 0.15) is 5.75 Å². The molecular formula is C16H24N2O. The Bertz CT molecular complexity index is 415. The first kappa shape index (κ1) is 12.9. The highest BCUT2D eigenvalue weighted by atomic mass is 16.5. The molecule has 3 nitrogen and oxygen atoms in total. The minimum absolute atomic E-state index is 0.706. The second-order valence-corrected chi connectivity index (χ2v) is 5.69. The summed E-state index contributed by atoms with van der Waals surface area (Å²) in [4.78, 5) is 2.64. The van der Waals surface area contributed by atoms with Crippen molar-refractivity contribution in [3.63, 3.8) is 0 Å². The predicted octanol–water partition coefficient (Wildman–Crippen LogP) is 2.41. The van der Waals surface area contributed by atoms with E-state index in [2.05, 4.69) is 28.4 Å². The number of likely N-dealkylation sites (tertiary alicyclic amines) is 1. The summed E-state index contributed by atoms with van der Waals surface area (Å²) in [6.45, 7) is 3.44. The fraction of sp³-hybridized carbons (Fsp3) is 0.625. The molecule has 1 aromatic rings. The van der Waals surface area contributed by atoms with Crippen LogP contribution in [0, 0.1) is 0 Å². The van der Waals surface area contributed by atoms with Gasteiger partial charge in [-0.05, 0) is 44.8 Å². The number of rotatable bonds is 4. The van der Waals surface area contributed by atoms with Crippen LogP contribution in [0.4, 0.5) is 0 Å². The highest BCUT2D eigenvalue weighted by Crippen LogP contribution is 2.28. The van der Waals surface area contributed by atoms with Crippen LogP contribution in [-0.2, 0) is 6.54 Å². The molecule has 0 aromatic heterocycles. The van der Waals surface area contributed by atoms with Crippen LogP contribution in [0.2, 0.25) is 0 Å². The molecule has 0 spiro atoms. The van der Waals surface area contributed by atoms with E-state index in [-0.39, 0.29) is 0 Å². The summed E-state index contributed by atoms with van der Waals surface area (Å²) in [5.41, 5.74) is 1.31. The van der Waals surface area contributed by atoms with E-state index in [1.54, 1.807) is 7.11 Å². The summed E-state index contributed by atoms with van der Waals surface area (Å²) in [5, 5.41) is 3.67. The Hall–Kier alpha value is -1.06. The van der Waals surface area contributed by atoms with E-state index in [1.165, 1.54) is 44.3 Å². The zero-order valence-corrected chi connectivity index (χ0v) is 11.8. The number of para-hydroxylation sites is 1. The molecule has 0 aliphatic carbocycles. The minimum Gasteiger partial charge on any atom is -0.496 e. The van der Waals surface area contributed by atoms with Gasteiger partial charge in [-0.25, -0.2) is 0 Å². The Morgan fingerprint density at radius 3 is 2.95 bits per heavy atom. The van der Waals surface area contributed by atoms with Crippen molar-refractivity contribution in [2.24, 2.45) is 0 Å². The molecule has 0 radical (unpaired) electrons. The molecule has 0 amide bonds. The van der Waals surface area contributed by atoms with Crippen molar-refractivity contribution < 1.29 is 4.74 Å². The molecule has 104 valence electrons. The molecule has 2 aliphatic rings. The summed E-state index contributed by atoms with van der Waals surface area (Å²) in [6.07, 6.45) is 5.35. The molecule has 3 heteroatoms. The van der Waals surface area contributed by atoms with Crippen LogP contribution in [0.3, 0.4) is 0 Å². The average molecular weight is 260 g/mol. The molecule has 2 heterocycles. The van der Waals surface area contributed by atoms with Gasteiger partial charge in [-0.2, -0.15) is 0 Å². The smallest absolute Gasteiger partial charge is 0.123 e. The third-order valence-corrected chi connectivity index (χ3v) is 4.54. The lowest BCUT2D eigenvalue weighted by Crippen LogP contribution is -2.43. The lowest BCUT2D eigenvalue weighted by molar-refractivity contribution is 0.204. The zero-order chi connectivity index (χ0) is 13.1. The molecular weight excluding hydrogens is 236 g/mol. The van der Waals surface area contributed by atoms with Crippen LogP contribution in [0.25, 0.3) is 0 Å². The molecule has 19 heavy (non-hydrogen) atoms. The summed E-state index contributed by atoms with van der Waals surface area (Å²) in [7, 11) is 1.76. The molecule has 1 N–H and O–H groups in total. The van der Waals surface area contributed by atoms with Gasteiger partial charge >= 0.3 is 0 Å². The molecule has 1 aromatic carbocycles. The molecule has 2 atom stereocenters. The van der Waals surface area contributed by atoms with E-state index in [4.69, 9.17) is 4.74 Å². The Morgan fingerprint density at radius 1 is 1.26 bits per heavy atom. The number of nitrogens with zero attached hydrogens (tertiary/aromatic N) is 1. The SMILES string of the molecule is COc1ccccc1CN1CCCC1C1CCCN1. The first-order chi connectivity index (χ1) is 9.38. The van der Waals surface area contributed by atoms with Gasteiger partial charge in [0.2, 0.25) is 0 Å². The van der Waals surface area contributed by atoms with Gasteiger partial charge in [-0.15, -0.1) is 0 Å². The number of benzene rings is 1. The van der Waals surface area contributed by atoms with Crippen LogP contribution in [0.15, 0.2) is 24.3 Å². The van der Waals surface area contributed by atoms with Crippen molar-refractivity contribution in [1.82, 2.24) is 10.2 Å². The number of methoxy groups -OCH3 is 1. The Labute approximate surface area is 115 Å². The van der Waals surface area contributed by atoms with Gasteiger partial charge < -0.3 is 10.1 Å². The van der Waals surface area contributed by atoms with E-state index in [0.717, 1.165) is 12.3 Å². The van der Waals surface area contributed by atoms with Gasteiger partial charge in [0.15, 0.2) is 0 Å². The standard InChI is InChI=1S/C16H24N2O/c1-19-16-9-3-2-6-13(16)12-18-11-5-8-15(18)14-7-4-10-17-14/h2-3,6,9,14-15,17H,4-5,7-8,10-12H2,1H3. The van der Waals surface area contributed by atoms with E-state index >= 15 is 0 Å². The Kier molecular flexibility index (Phi) is 4.04. The van der Waals surface area contributed by atoms with Gasteiger partial charge in [-0.3, -0.25) is 4.90 Å². The van der Waals surface area contributed by atoms with Gasteiger partial charge in [0, 0.05) is 24.2 Å². The first-order valence-corrected chi connectivity index (χ1v) is 7.48. The Balaban J connectivity index is 1.70. The maximum atomic E-state index is 5.47. The van der Waals surface area contributed by atoms with E-state index in [1.807, 2.05) is 6.07 Å². The van der Waals surface area contributed by atoms with Crippen molar-refractivity contribution in [2.75, 3.05) is 20.2 Å². The van der Waals surface area contributed by atoms with Crippen LogP contribution in [0.1, 0.15) is 31.2 Å². The zero-order valence-electron chi connectivity index (χ0n) is 11.8. The van der Waals surface area contributed by atoms with E-state index in [9.17, 15) is 0 Å². The molecule has 3 rings (SSSR count). The van der Waals surface area contributed by atoms with Gasteiger partial charge in [0.25, 0.3) is 0 Å². The maximum Gasteiger partial charge on any atom is 0.123 e. The number of ether oxygens (including phenoxy) is 1. The quantitative estimate of drug-likeness (QED) is 0.900. The highest BCUT2D eigenvalue weighted by molar-refractivity contribution is 5.33. The lowest BCUT2D eigenvalue weighted by atomic mass is 10.0. The largest absolute Gasteiger partial charge is 0.496 e. The number of hydrogen-bond donors (Lipinski definition) is 1. The van der Waals surface area contributed by atoms with Crippen molar-refractivity contribution in [1.29, 1.82) is 0 Å². The van der Waals surface area contributed by atoms with E-state index in [0.29, 0.717) is 12.1 Å². The van der Waals surface area contributed by atoms with Gasteiger partial charge in [0.05, 0.1) is 7.11 Å². The first-order valence-electron chi connectivity index (χ1n) is 7.48. The van der Waals surface area contributed by atoms with Crippen molar-refractivity contribution in [2.45, 2.75) is 44.3 Å². The fourth-order valence-corrected chi connectivity index (χ4v) is 3.60. The molecule has 2 fully saturated rings. The van der Waals surface area contributed by atoms with Crippen LogP contribution < -0.4 is 10.1 Å². The summed E-state index contributed by atoms with van der Waals surface area (Å²) < 4.78 is 5.47. The average Bonchev–Trinajstić information content (AvgIpc) is 3.09. The second-order valence-electron chi connectivity index (χ2n) is 5.69. The maximum absolute atomic E-state index is 5.47. The topological polar surface area (TPSA) is 24.5 Å². The third kappa shape index (κ3) is 2.77. The number of hydrogen-bond acceptors (Lipinski definition) is 3. The molecule has 0 saturated carbocycles. The lowest BCUT2D eigenvalue weighted by Gasteiger charge is -2.29. The fourth-order valence-electron chi connectivity index (χ4n) is 3.60. The number of nitrogens with one attached hydrogen (secondary N) is 1. The van der Waals surface area contributed by atoms with Gasteiger partial charge in [-0.1, -0.05) is 18.2 Å². The molecule has 0 bridgehead atoms. The Morgan fingerprint density at radius 2 is 2.16 bits per heavy atom. The summed E-state index contributed by atoms with van der Waals surface area (Å²) in [5.74, 6) is 1.02.